The van der Waals surface area contributed by atoms with Crippen LogP contribution in [0.5, 0.6) is 0 Å². The zero-order valence-electron chi connectivity index (χ0n) is 7.93. The zero-order chi connectivity index (χ0) is 10.7. The number of halogens is 1. The largest absolute Gasteiger partial charge is 0.386 e. The molecule has 0 aliphatic carbocycles. The van der Waals surface area contributed by atoms with Gasteiger partial charge < -0.3 is 5.11 Å². The highest BCUT2D eigenvalue weighted by Crippen LogP contribution is 2.20. The van der Waals surface area contributed by atoms with Crippen molar-refractivity contribution in [1.82, 2.24) is 4.98 Å². The van der Waals surface area contributed by atoms with Crippen LogP contribution in [-0.4, -0.2) is 10.1 Å². The summed E-state index contributed by atoms with van der Waals surface area (Å²) in [4.78, 5) is 5.23. The fraction of sp³-hybridized carbons (Fsp3) is 0.182. The van der Waals surface area contributed by atoms with Crippen molar-refractivity contribution < 1.29 is 5.11 Å². The standard InChI is InChI=1S/C11H10ClNOS/c12-8-3-4-10(13-7-8)11(14)6-9-2-1-5-15-9/h1-5,7,11,14H,6H2. The van der Waals surface area contributed by atoms with Crippen molar-refractivity contribution in [3.63, 3.8) is 0 Å². The van der Waals surface area contributed by atoms with Crippen molar-refractivity contribution in [2.24, 2.45) is 0 Å². The lowest BCUT2D eigenvalue weighted by Crippen LogP contribution is -2.02. The smallest absolute Gasteiger partial charge is 0.101 e. The normalized spacial score (nSPS) is 12.7. The minimum Gasteiger partial charge on any atom is -0.386 e. The Hall–Kier alpha value is -0.900. The lowest BCUT2D eigenvalue weighted by Gasteiger charge is -2.08. The Morgan fingerprint density at radius 1 is 1.40 bits per heavy atom. The van der Waals surface area contributed by atoms with Gasteiger partial charge in [-0.05, 0) is 23.6 Å². The fourth-order valence-corrected chi connectivity index (χ4v) is 2.16. The van der Waals surface area contributed by atoms with Gasteiger partial charge in [-0.3, -0.25) is 4.98 Å². The van der Waals surface area contributed by atoms with Crippen molar-refractivity contribution in [2.75, 3.05) is 0 Å². The van der Waals surface area contributed by atoms with E-state index in [2.05, 4.69) is 4.98 Å². The summed E-state index contributed by atoms with van der Waals surface area (Å²) >= 11 is 7.35. The van der Waals surface area contributed by atoms with E-state index in [1.165, 1.54) is 0 Å². The molecule has 4 heteroatoms. The molecule has 0 amide bonds. The zero-order valence-corrected chi connectivity index (χ0v) is 9.50. The molecule has 0 bridgehead atoms. The van der Waals surface area contributed by atoms with E-state index >= 15 is 0 Å². The number of aliphatic hydroxyl groups is 1. The molecule has 1 unspecified atom stereocenters. The third-order valence-corrected chi connectivity index (χ3v) is 3.19. The Bertz CT molecular complexity index is 413. The number of aliphatic hydroxyl groups excluding tert-OH is 1. The summed E-state index contributed by atoms with van der Waals surface area (Å²) in [7, 11) is 0. The van der Waals surface area contributed by atoms with Crippen LogP contribution in [0.3, 0.4) is 0 Å². The monoisotopic (exact) mass is 239 g/mol. The summed E-state index contributed by atoms with van der Waals surface area (Å²) in [6, 6.07) is 7.47. The van der Waals surface area contributed by atoms with Crippen LogP contribution >= 0.6 is 22.9 Å². The molecule has 15 heavy (non-hydrogen) atoms. The van der Waals surface area contributed by atoms with Crippen molar-refractivity contribution in [1.29, 1.82) is 0 Å². The highest BCUT2D eigenvalue weighted by atomic mass is 35.5. The number of hydrogen-bond donors (Lipinski definition) is 1. The topological polar surface area (TPSA) is 33.1 Å². The van der Waals surface area contributed by atoms with Crippen molar-refractivity contribution in [3.05, 3.63) is 51.4 Å². The molecule has 2 rings (SSSR count). The van der Waals surface area contributed by atoms with Crippen LogP contribution < -0.4 is 0 Å². The van der Waals surface area contributed by atoms with E-state index in [4.69, 9.17) is 11.6 Å². The maximum atomic E-state index is 9.88. The van der Waals surface area contributed by atoms with Crippen molar-refractivity contribution >= 4 is 22.9 Å². The Kier molecular flexibility index (Phi) is 3.36. The van der Waals surface area contributed by atoms with E-state index in [1.54, 1.807) is 29.7 Å². The third-order valence-electron chi connectivity index (χ3n) is 2.07. The van der Waals surface area contributed by atoms with Crippen molar-refractivity contribution in [2.45, 2.75) is 12.5 Å². The molecule has 2 heterocycles. The number of hydrogen-bond acceptors (Lipinski definition) is 3. The summed E-state index contributed by atoms with van der Waals surface area (Å²) in [5.41, 5.74) is 0.660. The first-order chi connectivity index (χ1) is 7.25. The summed E-state index contributed by atoms with van der Waals surface area (Å²) in [5.74, 6) is 0. The molecule has 0 saturated carbocycles. The van der Waals surface area contributed by atoms with Crippen LogP contribution in [-0.2, 0) is 6.42 Å². The first kappa shape index (κ1) is 10.6. The molecule has 0 spiro atoms. The second kappa shape index (κ2) is 4.75. The van der Waals surface area contributed by atoms with Crippen LogP contribution in [0.4, 0.5) is 0 Å². The molecule has 78 valence electrons. The van der Waals surface area contributed by atoms with E-state index in [0.717, 1.165) is 4.88 Å². The molecule has 2 nitrogen and oxygen atoms in total. The first-order valence-corrected chi connectivity index (χ1v) is 5.83. The van der Waals surface area contributed by atoms with Gasteiger partial charge in [-0.1, -0.05) is 17.7 Å². The van der Waals surface area contributed by atoms with E-state index in [-0.39, 0.29) is 0 Å². The van der Waals surface area contributed by atoms with Gasteiger partial charge >= 0.3 is 0 Å². The predicted molar refractivity (Wildman–Crippen MR) is 62.2 cm³/mol. The summed E-state index contributed by atoms with van der Waals surface area (Å²) < 4.78 is 0. The number of thiophene rings is 1. The molecule has 2 aromatic rings. The van der Waals surface area contributed by atoms with Gasteiger partial charge in [-0.15, -0.1) is 11.3 Å². The average Bonchev–Trinajstić information content (AvgIpc) is 2.71. The highest BCUT2D eigenvalue weighted by Gasteiger charge is 2.10. The van der Waals surface area contributed by atoms with Gasteiger partial charge in [-0.2, -0.15) is 0 Å². The Labute approximate surface area is 97.2 Å². The molecule has 0 aromatic carbocycles. The van der Waals surface area contributed by atoms with Crippen LogP contribution in [0.2, 0.25) is 5.02 Å². The van der Waals surface area contributed by atoms with Crippen LogP contribution in [0.1, 0.15) is 16.7 Å². The molecular weight excluding hydrogens is 230 g/mol. The predicted octanol–water partition coefficient (Wildman–Crippen LogP) is 3.07. The molecule has 1 N–H and O–H groups in total. The average molecular weight is 240 g/mol. The molecule has 0 fully saturated rings. The van der Waals surface area contributed by atoms with Gasteiger partial charge in [0.2, 0.25) is 0 Å². The Morgan fingerprint density at radius 2 is 2.27 bits per heavy atom. The quantitative estimate of drug-likeness (QED) is 0.893. The fourth-order valence-electron chi connectivity index (χ4n) is 1.31. The summed E-state index contributed by atoms with van der Waals surface area (Å²) in [6.07, 6.45) is 1.60. The molecule has 0 aliphatic rings. The third kappa shape index (κ3) is 2.78. The van der Waals surface area contributed by atoms with E-state index < -0.39 is 6.10 Å². The van der Waals surface area contributed by atoms with Gasteiger partial charge in [0.15, 0.2) is 0 Å². The maximum Gasteiger partial charge on any atom is 0.101 e. The van der Waals surface area contributed by atoms with Gasteiger partial charge in [0.1, 0.15) is 6.10 Å². The molecule has 1 atom stereocenters. The van der Waals surface area contributed by atoms with Gasteiger partial charge in [0.05, 0.1) is 10.7 Å². The Balaban J connectivity index is 2.08. The molecular formula is C11H10ClNOS. The van der Waals surface area contributed by atoms with E-state index in [0.29, 0.717) is 17.1 Å². The minimum absolute atomic E-state index is 0.555. The molecule has 2 aromatic heterocycles. The van der Waals surface area contributed by atoms with Crippen LogP contribution in [0, 0.1) is 0 Å². The van der Waals surface area contributed by atoms with Gasteiger partial charge in [-0.25, -0.2) is 0 Å². The van der Waals surface area contributed by atoms with E-state index in [1.807, 2.05) is 17.5 Å². The second-order valence-corrected chi connectivity index (χ2v) is 4.67. The number of nitrogens with zero attached hydrogens (tertiary/aromatic N) is 1. The minimum atomic E-state index is -0.555. The SMILES string of the molecule is OC(Cc1cccs1)c1ccc(Cl)cn1. The maximum absolute atomic E-state index is 9.88. The summed E-state index contributed by atoms with van der Waals surface area (Å²) in [6.45, 7) is 0. The molecule has 0 aliphatic heterocycles. The number of pyridine rings is 1. The number of aromatic nitrogens is 1. The Morgan fingerprint density at radius 3 is 2.87 bits per heavy atom. The van der Waals surface area contributed by atoms with Crippen LogP contribution in [0.15, 0.2) is 35.8 Å². The van der Waals surface area contributed by atoms with Crippen molar-refractivity contribution in [3.8, 4) is 0 Å². The number of rotatable bonds is 3. The summed E-state index contributed by atoms with van der Waals surface area (Å²) in [5, 5.41) is 12.5. The first-order valence-electron chi connectivity index (χ1n) is 4.57. The lowest BCUT2D eigenvalue weighted by atomic mass is 10.1. The lowest BCUT2D eigenvalue weighted by molar-refractivity contribution is 0.174. The molecule has 0 saturated heterocycles. The molecule has 0 radical (unpaired) electrons. The highest BCUT2D eigenvalue weighted by molar-refractivity contribution is 7.09. The second-order valence-electron chi connectivity index (χ2n) is 3.20. The van der Waals surface area contributed by atoms with Gasteiger partial charge in [0, 0.05) is 17.5 Å². The van der Waals surface area contributed by atoms with Gasteiger partial charge in [0.25, 0.3) is 0 Å². The van der Waals surface area contributed by atoms with Crippen LogP contribution in [0.25, 0.3) is 0 Å². The van der Waals surface area contributed by atoms with E-state index in [9.17, 15) is 5.11 Å².